The smallest absolute Gasteiger partial charge is 0.109 e. The van der Waals surface area contributed by atoms with Crippen LogP contribution in [0.1, 0.15) is 194 Å². The number of hydrogen-bond donors (Lipinski definition) is 0. The van der Waals surface area contributed by atoms with Crippen molar-refractivity contribution >= 4 is 0 Å². The van der Waals surface area contributed by atoms with Gasteiger partial charge in [0, 0.05) is 129 Å². The molecule has 0 amide bonds. The molecule has 366 valence electrons. The molecule has 5 saturated carbocycles. The molecule has 12 aliphatic rings. The largest absolute Gasteiger partial charge is 0.381 e. The van der Waals surface area contributed by atoms with Crippen molar-refractivity contribution in [3.63, 3.8) is 0 Å². The Morgan fingerprint density at radius 1 is 0.540 bits per heavy atom. The third kappa shape index (κ3) is 11.9. The number of fused-ring (bicyclic) bond motifs is 2. The lowest BCUT2D eigenvalue weighted by atomic mass is 9.56. The van der Waals surface area contributed by atoms with Gasteiger partial charge in [-0.3, -0.25) is 24.5 Å². The number of ether oxygens (including phenoxy) is 1. The van der Waals surface area contributed by atoms with Crippen LogP contribution in [-0.4, -0.2) is 160 Å². The summed E-state index contributed by atoms with van der Waals surface area (Å²) in [5, 5.41) is 0. The van der Waals surface area contributed by atoms with E-state index in [1.165, 1.54) is 123 Å². The van der Waals surface area contributed by atoms with Gasteiger partial charge in [-0.25, -0.2) is 4.39 Å². The van der Waals surface area contributed by atoms with Crippen LogP contribution in [0.15, 0.2) is 0 Å². The first-order valence-electron chi connectivity index (χ1n) is 27.1. The van der Waals surface area contributed by atoms with Crippen molar-refractivity contribution in [1.82, 2.24) is 29.4 Å². The van der Waals surface area contributed by atoms with Gasteiger partial charge in [0.2, 0.25) is 0 Å². The molecule has 7 nitrogen and oxygen atoms in total. The van der Waals surface area contributed by atoms with Gasteiger partial charge in [-0.1, -0.05) is 0 Å². The van der Waals surface area contributed by atoms with Crippen LogP contribution >= 0.6 is 0 Å². The van der Waals surface area contributed by atoms with E-state index in [-0.39, 0.29) is 5.54 Å². The van der Waals surface area contributed by atoms with Crippen molar-refractivity contribution in [2.24, 2.45) is 28.6 Å². The van der Waals surface area contributed by atoms with E-state index in [0.717, 1.165) is 92.6 Å². The van der Waals surface area contributed by atoms with Crippen molar-refractivity contribution in [3.8, 4) is 0 Å². The molecular weight excluding hydrogens is 780 g/mol. The third-order valence-electron chi connectivity index (χ3n) is 18.7. The van der Waals surface area contributed by atoms with Crippen LogP contribution in [0.4, 0.5) is 4.39 Å². The van der Waals surface area contributed by atoms with Gasteiger partial charge in [0.05, 0.1) is 0 Å². The third-order valence-corrected chi connectivity index (χ3v) is 18.7. The molecule has 7 heterocycles. The zero-order valence-corrected chi connectivity index (χ0v) is 44.3. The molecule has 12 fully saturated rings. The van der Waals surface area contributed by atoms with Crippen LogP contribution in [-0.2, 0) is 4.74 Å². The molecule has 7 saturated heterocycles. The minimum Gasteiger partial charge on any atom is -0.381 e. The predicted octanol–water partition coefficient (Wildman–Crippen LogP) is 11.0. The SMILES string of the molecule is CC(C)(C)N1CC2(CCOCC2)C1.CC(C)N1CC2CC2C1.CC(C)N1CCC12CC2.CC(C)N1CCC12CCC2.CC(C)N1CCC2CC21.CC1(F)CC2(CN(C(C)(C)C)C2)C1. The van der Waals surface area contributed by atoms with E-state index in [9.17, 15) is 4.39 Å². The van der Waals surface area contributed by atoms with Crippen molar-refractivity contribution in [2.45, 2.75) is 252 Å². The molecule has 0 aromatic heterocycles. The topological polar surface area (TPSA) is 28.7 Å². The summed E-state index contributed by atoms with van der Waals surface area (Å²) in [5.41, 5.74) is 2.23. The minimum atomic E-state index is -0.857. The highest BCUT2D eigenvalue weighted by molar-refractivity contribution is 5.13. The Hall–Kier alpha value is -0.350. The molecule has 0 bridgehead atoms. The molecule has 0 N–H and O–H groups in total. The average Bonchev–Trinajstić information content (AvgIpc) is 4.06. The first kappa shape index (κ1) is 50.5. The predicted molar refractivity (Wildman–Crippen MR) is 264 cm³/mol. The van der Waals surface area contributed by atoms with E-state index in [4.69, 9.17) is 4.74 Å². The normalized spacial score (nSPS) is 33.5. The summed E-state index contributed by atoms with van der Waals surface area (Å²) < 4.78 is 18.7. The first-order chi connectivity index (χ1) is 29.3. The van der Waals surface area contributed by atoms with Crippen LogP contribution in [0, 0.1) is 28.6 Å². The molecule has 0 aromatic rings. The molecule has 4 unspecified atom stereocenters. The number of halogens is 1. The van der Waals surface area contributed by atoms with Gasteiger partial charge < -0.3 is 9.64 Å². The van der Waals surface area contributed by atoms with Crippen LogP contribution in [0.3, 0.4) is 0 Å². The Balaban J connectivity index is 0.000000114. The fraction of sp³-hybridized carbons (Fsp3) is 1.00. The summed E-state index contributed by atoms with van der Waals surface area (Å²) in [6, 6.07) is 4.17. The quantitative estimate of drug-likeness (QED) is 0.278. The zero-order valence-electron chi connectivity index (χ0n) is 44.3. The summed E-state index contributed by atoms with van der Waals surface area (Å²) in [5.74, 6) is 3.31. The number of hydrogen-bond acceptors (Lipinski definition) is 7. The van der Waals surface area contributed by atoms with E-state index >= 15 is 0 Å². The van der Waals surface area contributed by atoms with Crippen molar-refractivity contribution in [2.75, 3.05) is 72.1 Å². The number of nitrogens with zero attached hydrogens (tertiary/aromatic N) is 6. The van der Waals surface area contributed by atoms with E-state index in [2.05, 4.69) is 126 Å². The minimum absolute atomic E-state index is 0.271. The monoisotopic (exact) mass is 883 g/mol. The molecule has 12 rings (SSSR count). The maximum Gasteiger partial charge on any atom is 0.109 e. The summed E-state index contributed by atoms with van der Waals surface area (Å²) >= 11 is 0. The average molecular weight is 883 g/mol. The fourth-order valence-electron chi connectivity index (χ4n) is 13.8. The maximum absolute atomic E-state index is 13.3. The summed E-state index contributed by atoms with van der Waals surface area (Å²) in [7, 11) is 0. The highest BCUT2D eigenvalue weighted by Gasteiger charge is 2.60. The highest BCUT2D eigenvalue weighted by atomic mass is 19.1. The Bertz CT molecular complexity index is 1440. The molecule has 0 aromatic carbocycles. The number of alkyl halides is 1. The van der Waals surface area contributed by atoms with E-state index < -0.39 is 5.67 Å². The Labute approximate surface area is 389 Å². The highest BCUT2D eigenvalue weighted by Crippen LogP contribution is 2.57. The molecule has 5 aliphatic carbocycles. The molecule has 4 spiro atoms. The van der Waals surface area contributed by atoms with Gasteiger partial charge in [-0.05, 0) is 218 Å². The Morgan fingerprint density at radius 3 is 1.25 bits per heavy atom. The van der Waals surface area contributed by atoms with Crippen molar-refractivity contribution in [1.29, 1.82) is 0 Å². The molecule has 8 heteroatoms. The van der Waals surface area contributed by atoms with E-state index in [0.29, 0.717) is 21.9 Å². The van der Waals surface area contributed by atoms with Crippen LogP contribution in [0.2, 0.25) is 0 Å². The lowest BCUT2D eigenvalue weighted by Gasteiger charge is -2.63. The summed E-state index contributed by atoms with van der Waals surface area (Å²) in [6.45, 7) is 47.4. The lowest BCUT2D eigenvalue weighted by Crippen LogP contribution is -2.69. The van der Waals surface area contributed by atoms with Gasteiger partial charge in [0.25, 0.3) is 0 Å². The standard InChI is InChI=1S/C11H20FN.C11H21NO.C9H17N.3C8H15N/c1-9(2,3)13-7-11(8-13)5-10(4,12)6-11;1-10(2,3)12-8-11(9-12)4-6-13-7-5-11;1-8(2)10-7-6-9(10)4-3-5-9;1-6(2)9-4-7-3-8(7)5-9;1-7(2)9-6-5-8(9)3-4-8;1-6(2)9-4-3-7-5-8(7)9/h5-8H2,1-4H3;4-9H2,1-3H3;8H,3-7H2,1-2H3;6-8H,3-5H2,1-2H3;7H,3-6H2,1-2H3;6-8H,3-5H2,1-2H3. The number of likely N-dealkylation sites (tertiary alicyclic amines) is 6. The van der Waals surface area contributed by atoms with Crippen molar-refractivity contribution < 1.29 is 9.13 Å². The lowest BCUT2D eigenvalue weighted by molar-refractivity contribution is -0.169. The van der Waals surface area contributed by atoms with Crippen molar-refractivity contribution in [3.05, 3.63) is 0 Å². The second-order valence-electron chi connectivity index (χ2n) is 27.3. The molecule has 0 radical (unpaired) electrons. The second-order valence-corrected chi connectivity index (χ2v) is 27.3. The molecule has 7 aliphatic heterocycles. The van der Waals surface area contributed by atoms with Crippen LogP contribution < -0.4 is 0 Å². The van der Waals surface area contributed by atoms with E-state index in [1.807, 2.05) is 0 Å². The van der Waals surface area contributed by atoms with E-state index in [1.54, 1.807) is 6.92 Å². The van der Waals surface area contributed by atoms with Crippen LogP contribution in [0.25, 0.3) is 0 Å². The Kier molecular flexibility index (Phi) is 15.1. The summed E-state index contributed by atoms with van der Waals surface area (Å²) in [6.07, 6.45) is 19.0. The summed E-state index contributed by atoms with van der Waals surface area (Å²) in [4.78, 5) is 15.6. The van der Waals surface area contributed by atoms with Gasteiger partial charge in [0.15, 0.2) is 0 Å². The van der Waals surface area contributed by atoms with Gasteiger partial charge in [0.1, 0.15) is 5.67 Å². The second kappa shape index (κ2) is 18.9. The Morgan fingerprint density at radius 2 is 1.02 bits per heavy atom. The van der Waals surface area contributed by atoms with Crippen LogP contribution in [0.5, 0.6) is 0 Å². The number of piperidine rings is 2. The molecule has 4 atom stereocenters. The first-order valence-corrected chi connectivity index (χ1v) is 27.1. The molecular formula is C55H103FN6O. The van der Waals surface area contributed by atoms with Gasteiger partial charge in [-0.2, -0.15) is 0 Å². The van der Waals surface area contributed by atoms with Gasteiger partial charge in [-0.15, -0.1) is 0 Å². The van der Waals surface area contributed by atoms with Gasteiger partial charge >= 0.3 is 0 Å². The maximum atomic E-state index is 13.3. The fourth-order valence-corrected chi connectivity index (χ4v) is 13.8. The molecule has 63 heavy (non-hydrogen) atoms. The number of rotatable bonds is 4. The zero-order chi connectivity index (χ0) is 46.0.